The Morgan fingerprint density at radius 3 is 3.06 bits per heavy atom. The van der Waals surface area contributed by atoms with Gasteiger partial charge in [0.2, 0.25) is 0 Å². The van der Waals surface area contributed by atoms with Crippen LogP contribution in [0.25, 0.3) is 10.2 Å². The topological polar surface area (TPSA) is 58.4 Å². The number of fused-ring (bicyclic) bond motifs is 1. The number of hydrogen-bond acceptors (Lipinski definition) is 5. The van der Waals surface area contributed by atoms with Gasteiger partial charge in [0.05, 0.1) is 18.5 Å². The van der Waals surface area contributed by atoms with Crippen molar-refractivity contribution in [2.45, 2.75) is 13.5 Å². The molecule has 0 fully saturated rings. The fourth-order valence-corrected chi connectivity index (χ4v) is 2.65. The molecule has 0 bridgehead atoms. The standard InChI is InChI=1S/C12H17N3O2S/c1-2-14(6-7-16)4-5-15-9-13-10-3-8-18-11(10)12(15)17/h3,8-9,16H,2,4-7H2,1H3. The van der Waals surface area contributed by atoms with Gasteiger partial charge in [0.25, 0.3) is 5.56 Å². The Morgan fingerprint density at radius 1 is 1.50 bits per heavy atom. The van der Waals surface area contributed by atoms with Crippen molar-refractivity contribution < 1.29 is 5.11 Å². The van der Waals surface area contributed by atoms with Gasteiger partial charge < -0.3 is 5.11 Å². The molecule has 0 atom stereocenters. The van der Waals surface area contributed by atoms with Crippen molar-refractivity contribution in [3.05, 3.63) is 28.1 Å². The van der Waals surface area contributed by atoms with Crippen molar-refractivity contribution in [3.8, 4) is 0 Å². The molecule has 6 heteroatoms. The highest BCUT2D eigenvalue weighted by molar-refractivity contribution is 7.17. The highest BCUT2D eigenvalue weighted by atomic mass is 32.1. The van der Waals surface area contributed by atoms with Gasteiger partial charge in [0, 0.05) is 19.6 Å². The summed E-state index contributed by atoms with van der Waals surface area (Å²) in [7, 11) is 0. The van der Waals surface area contributed by atoms with E-state index in [1.54, 1.807) is 10.9 Å². The fraction of sp³-hybridized carbons (Fsp3) is 0.500. The monoisotopic (exact) mass is 267 g/mol. The van der Waals surface area contributed by atoms with Crippen molar-refractivity contribution in [1.82, 2.24) is 14.5 Å². The zero-order valence-corrected chi connectivity index (χ0v) is 11.2. The molecule has 0 unspecified atom stereocenters. The Bertz CT molecular complexity index is 564. The minimum Gasteiger partial charge on any atom is -0.395 e. The molecule has 0 aliphatic carbocycles. The highest BCUT2D eigenvalue weighted by Crippen LogP contribution is 2.12. The highest BCUT2D eigenvalue weighted by Gasteiger charge is 2.06. The van der Waals surface area contributed by atoms with E-state index in [4.69, 9.17) is 5.11 Å². The lowest BCUT2D eigenvalue weighted by molar-refractivity contribution is 0.197. The Morgan fingerprint density at radius 2 is 2.33 bits per heavy atom. The Balaban J connectivity index is 2.12. The van der Waals surface area contributed by atoms with Crippen LogP contribution < -0.4 is 5.56 Å². The quantitative estimate of drug-likeness (QED) is 0.840. The third-order valence-electron chi connectivity index (χ3n) is 2.96. The number of hydrogen-bond donors (Lipinski definition) is 1. The number of aliphatic hydroxyl groups is 1. The Kier molecular flexibility index (Phi) is 4.46. The molecule has 18 heavy (non-hydrogen) atoms. The van der Waals surface area contributed by atoms with E-state index in [0.717, 1.165) is 18.6 Å². The van der Waals surface area contributed by atoms with Crippen LogP contribution in [0.5, 0.6) is 0 Å². The molecule has 2 aromatic rings. The molecule has 0 saturated heterocycles. The van der Waals surface area contributed by atoms with E-state index >= 15 is 0 Å². The molecule has 0 aromatic carbocycles. The first-order valence-corrected chi connectivity index (χ1v) is 6.90. The van der Waals surface area contributed by atoms with Gasteiger partial charge in [-0.2, -0.15) is 0 Å². The molecule has 5 nitrogen and oxygen atoms in total. The molecule has 1 N–H and O–H groups in total. The van der Waals surface area contributed by atoms with E-state index in [1.807, 2.05) is 18.4 Å². The van der Waals surface area contributed by atoms with Gasteiger partial charge in [-0.25, -0.2) is 4.98 Å². The van der Waals surface area contributed by atoms with Crippen LogP contribution in [-0.4, -0.2) is 45.8 Å². The third-order valence-corrected chi connectivity index (χ3v) is 3.85. The second kappa shape index (κ2) is 6.08. The maximum absolute atomic E-state index is 12.1. The van der Waals surface area contributed by atoms with Crippen LogP contribution in [0.3, 0.4) is 0 Å². The maximum atomic E-state index is 12.1. The average molecular weight is 267 g/mol. The van der Waals surface area contributed by atoms with E-state index in [0.29, 0.717) is 17.8 Å². The molecule has 0 spiro atoms. The Labute approximate surface area is 109 Å². The minimum absolute atomic E-state index is 0.0232. The van der Waals surface area contributed by atoms with Gasteiger partial charge in [0.1, 0.15) is 4.70 Å². The van der Waals surface area contributed by atoms with Crippen molar-refractivity contribution in [2.75, 3.05) is 26.2 Å². The molecule has 2 aromatic heterocycles. The summed E-state index contributed by atoms with van der Waals surface area (Å²) in [5, 5.41) is 10.8. The van der Waals surface area contributed by atoms with Gasteiger partial charge in [-0.1, -0.05) is 6.92 Å². The van der Waals surface area contributed by atoms with E-state index in [2.05, 4.69) is 9.88 Å². The first kappa shape index (κ1) is 13.2. The number of nitrogens with zero attached hydrogens (tertiary/aromatic N) is 3. The summed E-state index contributed by atoms with van der Waals surface area (Å²) in [6, 6.07) is 1.86. The molecule has 0 radical (unpaired) electrons. The van der Waals surface area contributed by atoms with Crippen molar-refractivity contribution in [1.29, 1.82) is 0 Å². The number of rotatable bonds is 6. The van der Waals surface area contributed by atoms with Gasteiger partial charge in [0.15, 0.2) is 0 Å². The minimum atomic E-state index is 0.0232. The molecule has 98 valence electrons. The summed E-state index contributed by atoms with van der Waals surface area (Å²) in [5.41, 5.74) is 0.791. The second-order valence-corrected chi connectivity index (χ2v) is 4.95. The summed E-state index contributed by atoms with van der Waals surface area (Å²) in [4.78, 5) is 18.5. The van der Waals surface area contributed by atoms with Crippen LogP contribution >= 0.6 is 11.3 Å². The second-order valence-electron chi connectivity index (χ2n) is 4.04. The molecule has 0 aliphatic heterocycles. The largest absolute Gasteiger partial charge is 0.395 e. The van der Waals surface area contributed by atoms with Crippen LogP contribution in [0.4, 0.5) is 0 Å². The van der Waals surface area contributed by atoms with E-state index < -0.39 is 0 Å². The first-order chi connectivity index (χ1) is 8.76. The predicted octanol–water partition coefficient (Wildman–Crippen LogP) is 0.772. The molecule has 0 amide bonds. The number of likely N-dealkylation sites (N-methyl/N-ethyl adjacent to an activating group) is 1. The van der Waals surface area contributed by atoms with E-state index in [-0.39, 0.29) is 12.2 Å². The van der Waals surface area contributed by atoms with Crippen molar-refractivity contribution in [2.24, 2.45) is 0 Å². The van der Waals surface area contributed by atoms with Gasteiger partial charge >= 0.3 is 0 Å². The smallest absolute Gasteiger partial charge is 0.271 e. The summed E-state index contributed by atoms with van der Waals surface area (Å²) >= 11 is 1.43. The molecular formula is C12H17N3O2S. The molecule has 0 saturated carbocycles. The lowest BCUT2D eigenvalue weighted by Crippen LogP contribution is -2.32. The lowest BCUT2D eigenvalue weighted by Gasteiger charge is -2.19. The zero-order valence-electron chi connectivity index (χ0n) is 10.4. The number of aliphatic hydroxyl groups excluding tert-OH is 1. The van der Waals surface area contributed by atoms with Crippen LogP contribution in [-0.2, 0) is 6.54 Å². The maximum Gasteiger partial charge on any atom is 0.271 e. The summed E-state index contributed by atoms with van der Waals surface area (Å²) in [6.45, 7) is 5.04. The van der Waals surface area contributed by atoms with Crippen LogP contribution in [0.2, 0.25) is 0 Å². The normalized spacial score (nSPS) is 11.5. The SMILES string of the molecule is CCN(CCO)CCn1cnc2ccsc2c1=O. The van der Waals surface area contributed by atoms with Gasteiger partial charge in [-0.3, -0.25) is 14.3 Å². The van der Waals surface area contributed by atoms with Crippen molar-refractivity contribution in [3.63, 3.8) is 0 Å². The summed E-state index contributed by atoms with van der Waals surface area (Å²) in [6.07, 6.45) is 1.60. The lowest BCUT2D eigenvalue weighted by atomic mass is 10.4. The molecule has 2 rings (SSSR count). The third kappa shape index (κ3) is 2.77. The molecule has 0 aliphatic rings. The molecular weight excluding hydrogens is 250 g/mol. The summed E-state index contributed by atoms with van der Waals surface area (Å²) in [5.74, 6) is 0. The number of aromatic nitrogens is 2. The van der Waals surface area contributed by atoms with Gasteiger partial charge in [-0.15, -0.1) is 11.3 Å². The van der Waals surface area contributed by atoms with Crippen LogP contribution in [0.15, 0.2) is 22.6 Å². The first-order valence-electron chi connectivity index (χ1n) is 6.02. The average Bonchev–Trinajstić information content (AvgIpc) is 2.85. The Hall–Kier alpha value is -1.24. The zero-order chi connectivity index (χ0) is 13.0. The van der Waals surface area contributed by atoms with Crippen LogP contribution in [0, 0.1) is 0 Å². The van der Waals surface area contributed by atoms with Gasteiger partial charge in [-0.05, 0) is 18.0 Å². The van der Waals surface area contributed by atoms with E-state index in [9.17, 15) is 4.79 Å². The van der Waals surface area contributed by atoms with Crippen molar-refractivity contribution >= 4 is 21.6 Å². The van der Waals surface area contributed by atoms with E-state index in [1.165, 1.54) is 11.3 Å². The fourth-order valence-electron chi connectivity index (χ4n) is 1.86. The predicted molar refractivity (Wildman–Crippen MR) is 73.1 cm³/mol. The molecule has 2 heterocycles. The number of thiophene rings is 1. The van der Waals surface area contributed by atoms with Crippen LogP contribution in [0.1, 0.15) is 6.92 Å². The summed E-state index contributed by atoms with van der Waals surface area (Å²) < 4.78 is 2.35.